The number of nitrogens with zero attached hydrogens (tertiary/aromatic N) is 1. The second-order valence-corrected chi connectivity index (χ2v) is 6.33. The number of aromatic nitrogens is 1. The largest absolute Gasteiger partial charge is 0.477 e. The van der Waals surface area contributed by atoms with Crippen molar-refractivity contribution in [1.82, 2.24) is 4.98 Å². The molecule has 1 aliphatic rings. The van der Waals surface area contributed by atoms with Crippen molar-refractivity contribution >= 4 is 0 Å². The summed E-state index contributed by atoms with van der Waals surface area (Å²) in [6.45, 7) is 7.69. The molecule has 1 aromatic heterocycles. The van der Waals surface area contributed by atoms with Crippen LogP contribution < -0.4 is 4.74 Å². The molecule has 0 unspecified atom stereocenters. The van der Waals surface area contributed by atoms with E-state index < -0.39 is 0 Å². The topological polar surface area (TPSA) is 22.1 Å². The van der Waals surface area contributed by atoms with E-state index in [4.69, 9.17) is 4.74 Å². The highest BCUT2D eigenvalue weighted by Crippen LogP contribution is 2.31. The SMILES string of the molecule is CCCC(C)(C)c1cnc2c(c1)CCCCCCO2. The fourth-order valence-electron chi connectivity index (χ4n) is 2.89. The van der Waals surface area contributed by atoms with Crippen molar-refractivity contribution in [3.63, 3.8) is 0 Å². The van der Waals surface area contributed by atoms with Gasteiger partial charge in [-0.05, 0) is 42.7 Å². The highest BCUT2D eigenvalue weighted by atomic mass is 16.5. The van der Waals surface area contributed by atoms with Gasteiger partial charge >= 0.3 is 0 Å². The molecule has 0 aromatic carbocycles. The number of ether oxygens (including phenoxy) is 1. The van der Waals surface area contributed by atoms with Crippen molar-refractivity contribution in [1.29, 1.82) is 0 Å². The van der Waals surface area contributed by atoms with Gasteiger partial charge in [-0.3, -0.25) is 0 Å². The molecular formula is C17H27NO. The Morgan fingerprint density at radius 2 is 2.00 bits per heavy atom. The maximum Gasteiger partial charge on any atom is 0.216 e. The van der Waals surface area contributed by atoms with Gasteiger partial charge in [0.2, 0.25) is 5.88 Å². The van der Waals surface area contributed by atoms with Gasteiger partial charge in [-0.15, -0.1) is 0 Å². The Bertz CT molecular complexity index is 412. The minimum Gasteiger partial charge on any atom is -0.477 e. The van der Waals surface area contributed by atoms with Crippen LogP contribution in [-0.4, -0.2) is 11.6 Å². The molecule has 2 nitrogen and oxygen atoms in total. The van der Waals surface area contributed by atoms with E-state index in [1.807, 2.05) is 6.20 Å². The van der Waals surface area contributed by atoms with E-state index in [-0.39, 0.29) is 5.41 Å². The molecule has 106 valence electrons. The lowest BCUT2D eigenvalue weighted by atomic mass is 9.81. The first-order valence-corrected chi connectivity index (χ1v) is 7.75. The molecule has 2 heteroatoms. The molecular weight excluding hydrogens is 234 g/mol. The summed E-state index contributed by atoms with van der Waals surface area (Å²) in [5.74, 6) is 0.873. The molecule has 1 aliphatic heterocycles. The maximum atomic E-state index is 5.82. The average molecular weight is 261 g/mol. The number of hydrogen-bond donors (Lipinski definition) is 0. The quantitative estimate of drug-likeness (QED) is 0.790. The number of fused-ring (bicyclic) bond motifs is 1. The highest BCUT2D eigenvalue weighted by molar-refractivity contribution is 5.33. The lowest BCUT2D eigenvalue weighted by Gasteiger charge is -2.25. The third-order valence-electron chi connectivity index (χ3n) is 4.16. The van der Waals surface area contributed by atoms with E-state index in [9.17, 15) is 0 Å². The molecule has 0 radical (unpaired) electrons. The molecule has 0 fully saturated rings. The van der Waals surface area contributed by atoms with E-state index in [1.165, 1.54) is 43.2 Å². The smallest absolute Gasteiger partial charge is 0.216 e. The number of hydrogen-bond acceptors (Lipinski definition) is 2. The van der Waals surface area contributed by atoms with Gasteiger partial charge in [0, 0.05) is 11.8 Å². The molecule has 0 atom stereocenters. The van der Waals surface area contributed by atoms with Gasteiger partial charge in [0.15, 0.2) is 0 Å². The number of pyridine rings is 1. The minimum absolute atomic E-state index is 0.217. The molecule has 1 aromatic rings. The second-order valence-electron chi connectivity index (χ2n) is 6.33. The van der Waals surface area contributed by atoms with Crippen LogP contribution in [0, 0.1) is 0 Å². The highest BCUT2D eigenvalue weighted by Gasteiger charge is 2.21. The van der Waals surface area contributed by atoms with Crippen LogP contribution in [0.15, 0.2) is 12.3 Å². The van der Waals surface area contributed by atoms with E-state index in [1.54, 1.807) is 0 Å². The predicted octanol–water partition coefficient (Wildman–Crippen LogP) is 4.65. The van der Waals surface area contributed by atoms with Gasteiger partial charge in [0.05, 0.1) is 6.61 Å². The first-order valence-electron chi connectivity index (χ1n) is 7.75. The van der Waals surface area contributed by atoms with Crippen molar-refractivity contribution in [2.75, 3.05) is 6.61 Å². The standard InChI is InChI=1S/C17H27NO/c1-4-10-17(2,3)15-12-14-9-7-5-6-8-11-19-16(14)18-13-15/h12-13H,4-11H2,1-3H3. The van der Waals surface area contributed by atoms with Crippen LogP contribution in [0.25, 0.3) is 0 Å². The first-order chi connectivity index (χ1) is 9.13. The number of aryl methyl sites for hydroxylation is 1. The lowest BCUT2D eigenvalue weighted by Crippen LogP contribution is -2.17. The third kappa shape index (κ3) is 3.71. The monoisotopic (exact) mass is 261 g/mol. The van der Waals surface area contributed by atoms with Crippen LogP contribution in [-0.2, 0) is 11.8 Å². The summed E-state index contributed by atoms with van der Waals surface area (Å²) >= 11 is 0. The molecule has 0 saturated carbocycles. The Balaban J connectivity index is 2.25. The Morgan fingerprint density at radius 1 is 1.21 bits per heavy atom. The zero-order valence-electron chi connectivity index (χ0n) is 12.7. The number of rotatable bonds is 3. The molecule has 0 N–H and O–H groups in total. The molecule has 0 spiro atoms. The van der Waals surface area contributed by atoms with Gasteiger partial charge in [-0.25, -0.2) is 4.98 Å². The minimum atomic E-state index is 0.217. The second kappa shape index (κ2) is 6.40. The Kier molecular flexibility index (Phi) is 4.84. The van der Waals surface area contributed by atoms with E-state index in [0.717, 1.165) is 25.3 Å². The van der Waals surface area contributed by atoms with Crippen molar-refractivity contribution in [3.05, 3.63) is 23.4 Å². The van der Waals surface area contributed by atoms with Crippen molar-refractivity contribution in [2.45, 2.75) is 71.1 Å². The Morgan fingerprint density at radius 3 is 2.79 bits per heavy atom. The summed E-state index contributed by atoms with van der Waals surface area (Å²) in [6, 6.07) is 2.34. The summed E-state index contributed by atoms with van der Waals surface area (Å²) in [4.78, 5) is 4.59. The van der Waals surface area contributed by atoms with Gasteiger partial charge in [-0.1, -0.05) is 40.0 Å². The summed E-state index contributed by atoms with van der Waals surface area (Å²) in [7, 11) is 0. The van der Waals surface area contributed by atoms with Crippen molar-refractivity contribution in [2.24, 2.45) is 0 Å². The molecule has 2 rings (SSSR count). The predicted molar refractivity (Wildman–Crippen MR) is 79.8 cm³/mol. The van der Waals surface area contributed by atoms with Gasteiger partial charge in [-0.2, -0.15) is 0 Å². The Hall–Kier alpha value is -1.05. The van der Waals surface area contributed by atoms with Gasteiger partial charge in [0.1, 0.15) is 0 Å². The molecule has 0 bridgehead atoms. The zero-order chi connectivity index (χ0) is 13.7. The summed E-state index contributed by atoms with van der Waals surface area (Å²) in [6.07, 6.45) is 10.5. The van der Waals surface area contributed by atoms with E-state index >= 15 is 0 Å². The van der Waals surface area contributed by atoms with Crippen LogP contribution in [0.5, 0.6) is 5.88 Å². The zero-order valence-corrected chi connectivity index (χ0v) is 12.7. The van der Waals surface area contributed by atoms with Crippen molar-refractivity contribution < 1.29 is 4.74 Å². The van der Waals surface area contributed by atoms with Crippen LogP contribution in [0.1, 0.15) is 70.4 Å². The fraction of sp³-hybridized carbons (Fsp3) is 0.706. The van der Waals surface area contributed by atoms with E-state index in [2.05, 4.69) is 31.8 Å². The van der Waals surface area contributed by atoms with Gasteiger partial charge in [0.25, 0.3) is 0 Å². The van der Waals surface area contributed by atoms with Crippen molar-refractivity contribution in [3.8, 4) is 5.88 Å². The third-order valence-corrected chi connectivity index (χ3v) is 4.16. The normalized spacial score (nSPS) is 16.8. The first kappa shape index (κ1) is 14.4. The van der Waals surface area contributed by atoms with Crippen LogP contribution in [0.3, 0.4) is 0 Å². The van der Waals surface area contributed by atoms with Crippen LogP contribution in [0.2, 0.25) is 0 Å². The summed E-state index contributed by atoms with van der Waals surface area (Å²) in [5.41, 5.74) is 2.88. The molecule has 0 saturated heterocycles. The fourth-order valence-corrected chi connectivity index (χ4v) is 2.89. The maximum absolute atomic E-state index is 5.82. The molecule has 0 amide bonds. The summed E-state index contributed by atoms with van der Waals surface area (Å²) in [5, 5.41) is 0. The Labute approximate surface area is 117 Å². The van der Waals surface area contributed by atoms with Gasteiger partial charge < -0.3 is 4.74 Å². The molecule has 2 heterocycles. The summed E-state index contributed by atoms with van der Waals surface area (Å²) < 4.78 is 5.82. The molecule has 0 aliphatic carbocycles. The molecule has 19 heavy (non-hydrogen) atoms. The average Bonchev–Trinajstić information content (AvgIpc) is 2.49. The van der Waals surface area contributed by atoms with Crippen LogP contribution in [0.4, 0.5) is 0 Å². The van der Waals surface area contributed by atoms with E-state index in [0.29, 0.717) is 0 Å². The lowest BCUT2D eigenvalue weighted by molar-refractivity contribution is 0.294. The van der Waals surface area contributed by atoms with Crippen LogP contribution >= 0.6 is 0 Å².